The number of hydrogen-bond acceptors (Lipinski definition) is 6. The van der Waals surface area contributed by atoms with E-state index in [2.05, 4.69) is 39.4 Å². The van der Waals surface area contributed by atoms with Crippen molar-refractivity contribution < 1.29 is 9.59 Å². The molecule has 3 aliphatic heterocycles. The Morgan fingerprint density at radius 3 is 2.28 bits per heavy atom. The zero-order chi connectivity index (χ0) is 20.2. The van der Waals surface area contributed by atoms with Crippen molar-refractivity contribution in [1.82, 2.24) is 15.2 Å². The molecule has 3 aliphatic rings. The van der Waals surface area contributed by atoms with Crippen molar-refractivity contribution >= 4 is 17.5 Å². The van der Waals surface area contributed by atoms with E-state index >= 15 is 0 Å². The van der Waals surface area contributed by atoms with E-state index in [1.54, 1.807) is 0 Å². The van der Waals surface area contributed by atoms with Gasteiger partial charge in [-0.25, -0.2) is 5.01 Å². The van der Waals surface area contributed by atoms with Crippen LogP contribution in [0.5, 0.6) is 0 Å². The summed E-state index contributed by atoms with van der Waals surface area (Å²) < 4.78 is 0. The number of amides is 2. The fraction of sp³-hybridized carbons (Fsp3) is 0.636. The molecule has 3 N–H and O–H groups in total. The molecule has 1 aromatic rings. The van der Waals surface area contributed by atoms with Gasteiger partial charge in [0.1, 0.15) is 0 Å². The van der Waals surface area contributed by atoms with Crippen LogP contribution in [0.15, 0.2) is 24.3 Å². The Labute approximate surface area is 173 Å². The van der Waals surface area contributed by atoms with Crippen molar-refractivity contribution in [3.8, 4) is 0 Å². The zero-order valence-electron chi connectivity index (χ0n) is 17.2. The number of rotatable bonds is 5. The summed E-state index contributed by atoms with van der Waals surface area (Å²) >= 11 is 0. The van der Waals surface area contributed by atoms with Crippen LogP contribution in [0.25, 0.3) is 0 Å². The highest BCUT2D eigenvalue weighted by molar-refractivity contribution is 6.00. The van der Waals surface area contributed by atoms with Crippen molar-refractivity contribution in [2.24, 2.45) is 11.8 Å². The van der Waals surface area contributed by atoms with Crippen molar-refractivity contribution in [2.75, 3.05) is 50.7 Å². The molecule has 7 heteroatoms. The normalized spacial score (nSPS) is 25.3. The van der Waals surface area contributed by atoms with Crippen LogP contribution in [0.4, 0.5) is 5.69 Å². The van der Waals surface area contributed by atoms with Crippen LogP contribution in [-0.2, 0) is 9.59 Å². The minimum Gasteiger partial charge on any atom is -0.372 e. The first-order chi connectivity index (χ1) is 14.1. The average molecular weight is 400 g/mol. The first-order valence-corrected chi connectivity index (χ1v) is 11.0. The van der Waals surface area contributed by atoms with Gasteiger partial charge in [-0.15, -0.1) is 0 Å². The van der Waals surface area contributed by atoms with Gasteiger partial charge in [-0.3, -0.25) is 20.7 Å². The van der Waals surface area contributed by atoms with Gasteiger partial charge in [0.25, 0.3) is 0 Å². The Hall–Kier alpha value is -1.96. The van der Waals surface area contributed by atoms with E-state index in [9.17, 15) is 9.59 Å². The van der Waals surface area contributed by atoms with Gasteiger partial charge in [-0.2, -0.15) is 0 Å². The first-order valence-electron chi connectivity index (χ1n) is 11.0. The number of nitrogens with one attached hydrogen (secondary N) is 1. The molecule has 29 heavy (non-hydrogen) atoms. The Morgan fingerprint density at radius 1 is 0.931 bits per heavy atom. The van der Waals surface area contributed by atoms with Crippen LogP contribution in [0.3, 0.4) is 0 Å². The predicted molar refractivity (Wildman–Crippen MR) is 113 cm³/mol. The van der Waals surface area contributed by atoms with E-state index < -0.39 is 0 Å². The third-order valence-corrected chi connectivity index (χ3v) is 6.77. The number of piperidine rings is 2. The maximum Gasteiger partial charge on any atom is 0.234 e. The largest absolute Gasteiger partial charge is 0.372 e. The summed E-state index contributed by atoms with van der Waals surface area (Å²) in [7, 11) is 0. The molecular weight excluding hydrogens is 366 g/mol. The number of hydrazine groups is 1. The summed E-state index contributed by atoms with van der Waals surface area (Å²) in [5.41, 5.74) is 2.24. The number of carbonyl (C=O) groups is 2. The van der Waals surface area contributed by atoms with Crippen LogP contribution >= 0.6 is 0 Å². The van der Waals surface area contributed by atoms with Gasteiger partial charge in [0, 0.05) is 51.4 Å². The number of carbonyl (C=O) groups excluding carboxylic acids is 2. The van der Waals surface area contributed by atoms with Crippen LogP contribution in [-0.4, -0.2) is 67.5 Å². The minimum atomic E-state index is -0.200. The first kappa shape index (κ1) is 20.3. The van der Waals surface area contributed by atoms with Gasteiger partial charge in [0.05, 0.1) is 5.92 Å². The molecule has 3 fully saturated rings. The van der Waals surface area contributed by atoms with Gasteiger partial charge in [0.15, 0.2) is 0 Å². The summed E-state index contributed by atoms with van der Waals surface area (Å²) in [6, 6.07) is 8.37. The second-order valence-electron chi connectivity index (χ2n) is 8.69. The molecule has 4 rings (SSSR count). The van der Waals surface area contributed by atoms with Gasteiger partial charge < -0.3 is 9.80 Å². The van der Waals surface area contributed by atoms with Crippen LogP contribution < -0.4 is 16.1 Å². The molecule has 7 nitrogen and oxygen atoms in total. The minimum absolute atomic E-state index is 0.160. The van der Waals surface area contributed by atoms with Crippen LogP contribution in [0.2, 0.25) is 0 Å². The van der Waals surface area contributed by atoms with E-state index in [1.165, 1.54) is 31.5 Å². The highest BCUT2D eigenvalue weighted by Gasteiger charge is 2.28. The molecule has 0 bridgehead atoms. The molecule has 2 amide bonds. The van der Waals surface area contributed by atoms with E-state index in [4.69, 9.17) is 5.84 Å². The van der Waals surface area contributed by atoms with Gasteiger partial charge in [0.2, 0.25) is 11.8 Å². The fourth-order valence-electron chi connectivity index (χ4n) is 4.76. The number of benzene rings is 1. The van der Waals surface area contributed by atoms with E-state index in [0.29, 0.717) is 12.8 Å². The van der Waals surface area contributed by atoms with Gasteiger partial charge >= 0.3 is 0 Å². The number of nitrogens with zero attached hydrogens (tertiary/aromatic N) is 3. The molecule has 0 spiro atoms. The maximum absolute atomic E-state index is 12.1. The molecular formula is C22H33N5O2. The molecule has 3 heterocycles. The second kappa shape index (κ2) is 9.24. The van der Waals surface area contributed by atoms with E-state index in [1.807, 2.05) is 5.01 Å². The molecule has 1 aromatic carbocycles. The van der Waals surface area contributed by atoms with Crippen LogP contribution in [0.1, 0.15) is 43.6 Å². The van der Waals surface area contributed by atoms with E-state index in [-0.39, 0.29) is 17.7 Å². The third kappa shape index (κ3) is 5.15. The number of imide groups is 1. The highest BCUT2D eigenvalue weighted by Crippen LogP contribution is 2.29. The smallest absolute Gasteiger partial charge is 0.234 e. The van der Waals surface area contributed by atoms with Gasteiger partial charge in [-0.05, 0) is 55.8 Å². The summed E-state index contributed by atoms with van der Waals surface area (Å²) in [5, 5.41) is 4.37. The summed E-state index contributed by atoms with van der Waals surface area (Å²) in [6.07, 6.45) is 4.80. The standard InChI is InChI=1S/C22H33N5O2/c23-27-15-13-25(14-16-27)10-7-17-8-11-26(12-9-17)19-3-1-18(2-4-19)20-5-6-21(28)24-22(20)29/h1-4,17,20H,5-16,23H2,(H,24,28,29). The number of anilines is 1. The topological polar surface area (TPSA) is 81.9 Å². The van der Waals surface area contributed by atoms with Crippen molar-refractivity contribution in [1.29, 1.82) is 0 Å². The Bertz CT molecular complexity index is 706. The number of piperazine rings is 1. The molecule has 158 valence electrons. The monoisotopic (exact) mass is 399 g/mol. The molecule has 0 aliphatic carbocycles. The molecule has 0 radical (unpaired) electrons. The lowest BCUT2D eigenvalue weighted by Crippen LogP contribution is -2.49. The Morgan fingerprint density at radius 2 is 1.62 bits per heavy atom. The fourth-order valence-corrected chi connectivity index (χ4v) is 4.76. The maximum atomic E-state index is 12.1. The quantitative estimate of drug-likeness (QED) is 0.574. The van der Waals surface area contributed by atoms with Crippen molar-refractivity contribution in [3.05, 3.63) is 29.8 Å². The SMILES string of the molecule is NN1CCN(CCC2CCN(c3ccc(C4CCC(=O)NC4=O)cc3)CC2)CC1. The average Bonchev–Trinajstić information content (AvgIpc) is 2.74. The molecule has 1 atom stereocenters. The second-order valence-corrected chi connectivity index (χ2v) is 8.69. The number of hydrogen-bond donors (Lipinski definition) is 2. The summed E-state index contributed by atoms with van der Waals surface area (Å²) in [6.45, 7) is 7.53. The lowest BCUT2D eigenvalue weighted by atomic mass is 9.90. The molecule has 0 saturated carbocycles. The summed E-state index contributed by atoms with van der Waals surface area (Å²) in [5.74, 6) is 6.12. The highest BCUT2D eigenvalue weighted by atomic mass is 16.2. The number of nitrogens with two attached hydrogens (primary N) is 1. The zero-order valence-corrected chi connectivity index (χ0v) is 17.2. The lowest BCUT2D eigenvalue weighted by molar-refractivity contribution is -0.134. The summed E-state index contributed by atoms with van der Waals surface area (Å²) in [4.78, 5) is 28.4. The van der Waals surface area contributed by atoms with E-state index in [0.717, 1.165) is 50.7 Å². The Kier molecular flexibility index (Phi) is 6.47. The van der Waals surface area contributed by atoms with Crippen molar-refractivity contribution in [3.63, 3.8) is 0 Å². The van der Waals surface area contributed by atoms with Crippen LogP contribution in [0, 0.1) is 5.92 Å². The molecule has 0 aromatic heterocycles. The van der Waals surface area contributed by atoms with Gasteiger partial charge in [-0.1, -0.05) is 12.1 Å². The third-order valence-electron chi connectivity index (χ3n) is 6.77. The predicted octanol–water partition coefficient (Wildman–Crippen LogP) is 1.30. The van der Waals surface area contributed by atoms with Crippen molar-refractivity contribution in [2.45, 2.75) is 38.0 Å². The lowest BCUT2D eigenvalue weighted by Gasteiger charge is -2.36. The molecule has 3 saturated heterocycles. The molecule has 1 unspecified atom stereocenters. The Balaban J connectivity index is 1.23.